The minimum Gasteiger partial charge on any atom is -0.491 e. The number of aliphatic hydroxyl groups excluding tert-OH is 1. The van der Waals surface area contributed by atoms with Gasteiger partial charge in [0.25, 0.3) is 5.56 Å². The Morgan fingerprint density at radius 3 is 2.80 bits per heavy atom. The third-order valence-electron chi connectivity index (χ3n) is 4.87. The van der Waals surface area contributed by atoms with Gasteiger partial charge in [0, 0.05) is 10.9 Å². The van der Waals surface area contributed by atoms with E-state index in [2.05, 4.69) is 11.9 Å². The van der Waals surface area contributed by atoms with Crippen LogP contribution in [0.15, 0.2) is 65.0 Å². The van der Waals surface area contributed by atoms with E-state index >= 15 is 0 Å². The minimum atomic E-state index is -0.875. The Labute approximate surface area is 177 Å². The minimum absolute atomic E-state index is 0.0616. The summed E-state index contributed by atoms with van der Waals surface area (Å²) in [6.45, 7) is 2.19. The molecule has 0 saturated carbocycles. The van der Waals surface area contributed by atoms with Crippen LogP contribution in [-0.2, 0) is 13.0 Å². The van der Waals surface area contributed by atoms with Gasteiger partial charge < -0.3 is 9.84 Å². The Morgan fingerprint density at radius 1 is 1.23 bits per heavy atom. The summed E-state index contributed by atoms with van der Waals surface area (Å²) in [7, 11) is 0. The highest BCUT2D eigenvalue weighted by molar-refractivity contribution is 7.17. The third kappa shape index (κ3) is 4.27. The molecule has 1 unspecified atom stereocenters. The smallest absolute Gasteiger partial charge is 0.262 e. The number of halogens is 1. The molecular formula is C23H21FN2O3S. The first-order valence-corrected chi connectivity index (χ1v) is 10.6. The molecule has 1 atom stereocenters. The van der Waals surface area contributed by atoms with Crippen LogP contribution in [0.3, 0.4) is 0 Å². The molecule has 154 valence electrons. The van der Waals surface area contributed by atoms with Crippen molar-refractivity contribution < 1.29 is 14.2 Å². The summed E-state index contributed by atoms with van der Waals surface area (Å²) in [6, 6.07) is 13.7. The number of thiophene rings is 1. The first kappa shape index (κ1) is 20.3. The van der Waals surface area contributed by atoms with E-state index in [1.807, 2.05) is 29.6 Å². The lowest BCUT2D eigenvalue weighted by Crippen LogP contribution is -2.30. The van der Waals surface area contributed by atoms with E-state index in [1.165, 1.54) is 34.4 Å². The first-order valence-electron chi connectivity index (χ1n) is 9.67. The fraction of sp³-hybridized carbons (Fsp3) is 0.217. The van der Waals surface area contributed by atoms with Gasteiger partial charge in [-0.15, -0.1) is 11.3 Å². The molecule has 1 N–H and O–H groups in total. The number of rotatable bonds is 7. The number of aromatic nitrogens is 2. The van der Waals surface area contributed by atoms with Crippen LogP contribution in [0.4, 0.5) is 4.39 Å². The summed E-state index contributed by atoms with van der Waals surface area (Å²) in [5, 5.41) is 12.7. The summed E-state index contributed by atoms with van der Waals surface area (Å²) in [6.07, 6.45) is 1.47. The van der Waals surface area contributed by atoms with Crippen LogP contribution in [0.5, 0.6) is 5.75 Å². The molecule has 0 aliphatic heterocycles. The number of hydrogen-bond donors (Lipinski definition) is 1. The summed E-state index contributed by atoms with van der Waals surface area (Å²) in [4.78, 5) is 18.0. The lowest BCUT2D eigenvalue weighted by Gasteiger charge is -2.14. The molecule has 0 radical (unpaired) electrons. The van der Waals surface area contributed by atoms with E-state index < -0.39 is 6.10 Å². The highest BCUT2D eigenvalue weighted by Crippen LogP contribution is 2.30. The highest BCUT2D eigenvalue weighted by atomic mass is 32.1. The number of hydrogen-bond acceptors (Lipinski definition) is 5. The van der Waals surface area contributed by atoms with Crippen molar-refractivity contribution in [3.05, 3.63) is 82.0 Å². The van der Waals surface area contributed by atoms with Crippen LogP contribution >= 0.6 is 11.3 Å². The van der Waals surface area contributed by atoms with Crippen molar-refractivity contribution in [3.63, 3.8) is 0 Å². The molecule has 0 fully saturated rings. The molecule has 0 amide bonds. The fourth-order valence-corrected chi connectivity index (χ4v) is 4.17. The molecule has 7 heteroatoms. The second-order valence-corrected chi connectivity index (χ2v) is 7.86. The van der Waals surface area contributed by atoms with Crippen molar-refractivity contribution in [2.45, 2.75) is 26.0 Å². The van der Waals surface area contributed by atoms with Gasteiger partial charge in [-0.05, 0) is 41.8 Å². The molecule has 2 heterocycles. The standard InChI is InChI=1S/C23H21FN2O3S/c1-2-15-4-3-5-19(10-15)29-12-18(27)11-26-14-25-22-21(23(26)28)20(13-30-22)16-6-8-17(24)9-7-16/h3-10,13-14,18,27H,2,11-12H2,1H3. The zero-order valence-corrected chi connectivity index (χ0v) is 17.2. The molecular weight excluding hydrogens is 403 g/mol. The lowest BCUT2D eigenvalue weighted by atomic mass is 10.1. The normalized spacial score (nSPS) is 12.2. The zero-order valence-electron chi connectivity index (χ0n) is 16.4. The molecule has 0 aliphatic rings. The van der Waals surface area contributed by atoms with Crippen molar-refractivity contribution in [3.8, 4) is 16.9 Å². The second-order valence-electron chi connectivity index (χ2n) is 7.00. The van der Waals surface area contributed by atoms with Gasteiger partial charge in [-0.25, -0.2) is 9.37 Å². The van der Waals surface area contributed by atoms with Crippen LogP contribution in [0.1, 0.15) is 12.5 Å². The maximum absolute atomic E-state index is 13.3. The Balaban J connectivity index is 1.54. The summed E-state index contributed by atoms with van der Waals surface area (Å²) >= 11 is 1.36. The number of aryl methyl sites for hydroxylation is 1. The van der Waals surface area contributed by atoms with E-state index in [4.69, 9.17) is 4.74 Å². The van der Waals surface area contributed by atoms with Crippen molar-refractivity contribution in [1.29, 1.82) is 0 Å². The highest BCUT2D eigenvalue weighted by Gasteiger charge is 2.15. The van der Waals surface area contributed by atoms with E-state index in [0.29, 0.717) is 21.5 Å². The lowest BCUT2D eigenvalue weighted by molar-refractivity contribution is 0.0914. The van der Waals surface area contributed by atoms with E-state index in [0.717, 1.165) is 17.5 Å². The maximum Gasteiger partial charge on any atom is 0.262 e. The Hall–Kier alpha value is -3.03. The Morgan fingerprint density at radius 2 is 2.03 bits per heavy atom. The number of aliphatic hydroxyl groups is 1. The van der Waals surface area contributed by atoms with Crippen LogP contribution in [0, 0.1) is 5.82 Å². The molecule has 4 aromatic rings. The van der Waals surface area contributed by atoms with Gasteiger partial charge in [0.05, 0.1) is 18.3 Å². The van der Waals surface area contributed by atoms with Gasteiger partial charge >= 0.3 is 0 Å². The molecule has 0 aliphatic carbocycles. The summed E-state index contributed by atoms with van der Waals surface area (Å²) in [5.74, 6) is 0.354. The van der Waals surface area contributed by atoms with Gasteiger partial charge in [-0.3, -0.25) is 9.36 Å². The van der Waals surface area contributed by atoms with Crippen molar-refractivity contribution in [2.75, 3.05) is 6.61 Å². The molecule has 0 bridgehead atoms. The molecule has 30 heavy (non-hydrogen) atoms. The van der Waals surface area contributed by atoms with E-state index in [9.17, 15) is 14.3 Å². The average Bonchev–Trinajstić information content (AvgIpc) is 3.20. The van der Waals surface area contributed by atoms with Gasteiger partial charge in [0.2, 0.25) is 0 Å². The molecule has 2 aromatic heterocycles. The van der Waals surface area contributed by atoms with Crippen LogP contribution < -0.4 is 10.3 Å². The monoisotopic (exact) mass is 424 g/mol. The van der Waals surface area contributed by atoms with Gasteiger partial charge in [0.15, 0.2) is 0 Å². The number of fused-ring (bicyclic) bond motifs is 1. The van der Waals surface area contributed by atoms with Gasteiger partial charge in [0.1, 0.15) is 29.1 Å². The van der Waals surface area contributed by atoms with E-state index in [1.54, 1.807) is 12.1 Å². The third-order valence-corrected chi connectivity index (χ3v) is 5.76. The summed E-state index contributed by atoms with van der Waals surface area (Å²) in [5.41, 5.74) is 2.37. The Kier molecular flexibility index (Phi) is 5.92. The fourth-order valence-electron chi connectivity index (χ4n) is 3.27. The number of benzene rings is 2. The predicted octanol–water partition coefficient (Wildman–Crippen LogP) is 4.27. The molecule has 0 spiro atoms. The quantitative estimate of drug-likeness (QED) is 0.481. The maximum atomic E-state index is 13.3. The topological polar surface area (TPSA) is 64.3 Å². The van der Waals surface area contributed by atoms with E-state index in [-0.39, 0.29) is 24.5 Å². The molecule has 4 rings (SSSR count). The zero-order chi connectivity index (χ0) is 21.1. The molecule has 2 aromatic carbocycles. The van der Waals surface area contributed by atoms with Crippen LogP contribution in [-0.4, -0.2) is 27.4 Å². The first-order chi connectivity index (χ1) is 14.5. The SMILES string of the molecule is CCc1cccc(OCC(O)Cn2cnc3scc(-c4ccc(F)cc4)c3c2=O)c1. The van der Waals surface area contributed by atoms with Crippen LogP contribution in [0.2, 0.25) is 0 Å². The number of nitrogens with zero attached hydrogens (tertiary/aromatic N) is 2. The average molecular weight is 424 g/mol. The summed E-state index contributed by atoms with van der Waals surface area (Å²) < 4.78 is 20.3. The number of ether oxygens (including phenoxy) is 1. The second kappa shape index (κ2) is 8.77. The Bertz CT molecular complexity index is 1220. The van der Waals surface area contributed by atoms with Crippen molar-refractivity contribution >= 4 is 21.6 Å². The van der Waals surface area contributed by atoms with Gasteiger partial charge in [-0.1, -0.05) is 31.2 Å². The largest absolute Gasteiger partial charge is 0.491 e. The van der Waals surface area contributed by atoms with Crippen LogP contribution in [0.25, 0.3) is 21.3 Å². The predicted molar refractivity (Wildman–Crippen MR) is 117 cm³/mol. The molecule has 5 nitrogen and oxygen atoms in total. The molecule has 0 saturated heterocycles. The van der Waals surface area contributed by atoms with Crippen molar-refractivity contribution in [1.82, 2.24) is 9.55 Å². The van der Waals surface area contributed by atoms with Gasteiger partial charge in [-0.2, -0.15) is 0 Å². The van der Waals surface area contributed by atoms with Crippen molar-refractivity contribution in [2.24, 2.45) is 0 Å².